The van der Waals surface area contributed by atoms with E-state index in [0.717, 1.165) is 11.8 Å². The molecule has 0 radical (unpaired) electrons. The van der Waals surface area contributed by atoms with Crippen LogP contribution in [0.2, 0.25) is 0 Å². The molecule has 0 spiro atoms. The monoisotopic (exact) mass is 221 g/mol. The summed E-state index contributed by atoms with van der Waals surface area (Å²) in [4.78, 5) is 3.70. The zero-order valence-electron chi connectivity index (χ0n) is 8.76. The lowest BCUT2D eigenvalue weighted by atomic mass is 10.0. The highest BCUT2D eigenvalue weighted by Gasteiger charge is 2.17. The van der Waals surface area contributed by atoms with Gasteiger partial charge in [0, 0.05) is 30.6 Å². The van der Waals surface area contributed by atoms with Crippen molar-refractivity contribution in [3.63, 3.8) is 0 Å². The van der Waals surface area contributed by atoms with Crippen LogP contribution in [0, 0.1) is 5.82 Å². The van der Waals surface area contributed by atoms with Gasteiger partial charge in [0.1, 0.15) is 5.82 Å². The van der Waals surface area contributed by atoms with Gasteiger partial charge in [0.05, 0.1) is 18.4 Å². The molecule has 5 nitrogen and oxygen atoms in total. The topological polar surface area (TPSA) is 68.8 Å². The molecule has 0 bridgehead atoms. The molecule has 0 fully saturated rings. The quantitative estimate of drug-likeness (QED) is 0.585. The van der Waals surface area contributed by atoms with Crippen molar-refractivity contribution in [1.29, 1.82) is 0 Å². The fourth-order valence-electron chi connectivity index (χ4n) is 1.57. The first-order valence-corrected chi connectivity index (χ1v) is 4.76. The minimum Gasteiger partial charge on any atom is -0.275 e. The van der Waals surface area contributed by atoms with Crippen LogP contribution in [-0.2, 0) is 7.05 Å². The second-order valence-electron chi connectivity index (χ2n) is 3.44. The number of hydrogen-bond acceptors (Lipinski definition) is 4. The van der Waals surface area contributed by atoms with Crippen LogP contribution in [0.15, 0.2) is 30.9 Å². The van der Waals surface area contributed by atoms with Gasteiger partial charge in [-0.25, -0.2) is 9.82 Å². The number of aromatic nitrogens is 3. The van der Waals surface area contributed by atoms with E-state index in [-0.39, 0.29) is 0 Å². The van der Waals surface area contributed by atoms with E-state index < -0.39 is 11.9 Å². The molecule has 0 saturated carbocycles. The van der Waals surface area contributed by atoms with Crippen molar-refractivity contribution >= 4 is 0 Å². The van der Waals surface area contributed by atoms with Crippen molar-refractivity contribution in [2.75, 3.05) is 0 Å². The van der Waals surface area contributed by atoms with Crippen molar-refractivity contribution in [2.24, 2.45) is 12.9 Å². The van der Waals surface area contributed by atoms with Gasteiger partial charge in [0.25, 0.3) is 0 Å². The maximum Gasteiger partial charge on any atom is 0.146 e. The molecule has 3 N–H and O–H groups in total. The summed E-state index contributed by atoms with van der Waals surface area (Å²) >= 11 is 0. The first-order chi connectivity index (χ1) is 7.72. The number of halogens is 1. The number of nitrogens with two attached hydrogens (primary N) is 1. The summed E-state index contributed by atoms with van der Waals surface area (Å²) in [7, 11) is 1.79. The third-order valence-corrected chi connectivity index (χ3v) is 2.34. The van der Waals surface area contributed by atoms with E-state index >= 15 is 0 Å². The molecule has 6 heteroatoms. The van der Waals surface area contributed by atoms with Gasteiger partial charge in [-0.05, 0) is 6.07 Å². The predicted octanol–water partition coefficient (Wildman–Crippen LogP) is 0.507. The van der Waals surface area contributed by atoms with E-state index in [2.05, 4.69) is 15.5 Å². The van der Waals surface area contributed by atoms with E-state index in [1.165, 1.54) is 6.20 Å². The van der Waals surface area contributed by atoms with Gasteiger partial charge >= 0.3 is 0 Å². The van der Waals surface area contributed by atoms with Gasteiger partial charge in [-0.15, -0.1) is 0 Å². The average molecular weight is 221 g/mol. The Balaban J connectivity index is 2.40. The minimum atomic E-state index is -0.420. The van der Waals surface area contributed by atoms with Crippen molar-refractivity contribution in [3.8, 4) is 0 Å². The Hall–Kier alpha value is -1.79. The van der Waals surface area contributed by atoms with E-state index in [4.69, 9.17) is 5.84 Å². The Labute approximate surface area is 92.1 Å². The molecule has 0 saturated heterocycles. The average Bonchev–Trinajstić information content (AvgIpc) is 2.69. The Bertz CT molecular complexity index is 482. The van der Waals surface area contributed by atoms with Crippen LogP contribution in [-0.4, -0.2) is 14.8 Å². The third kappa shape index (κ3) is 1.93. The zero-order valence-corrected chi connectivity index (χ0v) is 8.76. The van der Waals surface area contributed by atoms with Crippen LogP contribution in [0.4, 0.5) is 4.39 Å². The maximum absolute atomic E-state index is 13.5. The van der Waals surface area contributed by atoms with Crippen molar-refractivity contribution < 1.29 is 4.39 Å². The van der Waals surface area contributed by atoms with E-state index in [9.17, 15) is 4.39 Å². The second kappa shape index (κ2) is 4.38. The zero-order chi connectivity index (χ0) is 11.5. The number of hydrogen-bond donors (Lipinski definition) is 2. The molecule has 16 heavy (non-hydrogen) atoms. The van der Waals surface area contributed by atoms with Crippen LogP contribution in [0.25, 0.3) is 0 Å². The minimum absolute atomic E-state index is 0.394. The van der Waals surface area contributed by atoms with E-state index in [1.54, 1.807) is 30.2 Å². The first-order valence-electron chi connectivity index (χ1n) is 4.76. The number of pyridine rings is 1. The van der Waals surface area contributed by atoms with Crippen LogP contribution in [0.3, 0.4) is 0 Å². The Morgan fingerprint density at radius 2 is 2.31 bits per heavy atom. The summed E-state index contributed by atoms with van der Waals surface area (Å²) in [6, 6.07) is 1.17. The fourth-order valence-corrected chi connectivity index (χ4v) is 1.57. The molecule has 2 rings (SSSR count). The Kier molecular flexibility index (Phi) is 2.93. The lowest BCUT2D eigenvalue weighted by molar-refractivity contribution is 0.555. The van der Waals surface area contributed by atoms with E-state index in [1.807, 2.05) is 0 Å². The SMILES string of the molecule is Cn1cc(C(NN)c2ccncc2F)cn1. The van der Waals surface area contributed by atoms with Gasteiger partial charge in [-0.3, -0.25) is 15.5 Å². The van der Waals surface area contributed by atoms with Gasteiger partial charge in [-0.2, -0.15) is 5.10 Å². The Morgan fingerprint density at radius 1 is 1.50 bits per heavy atom. The molecule has 1 unspecified atom stereocenters. The molecule has 84 valence electrons. The number of aryl methyl sites for hydroxylation is 1. The van der Waals surface area contributed by atoms with Crippen molar-refractivity contribution in [2.45, 2.75) is 6.04 Å². The summed E-state index contributed by atoms with van der Waals surface area (Å²) < 4.78 is 15.2. The summed E-state index contributed by atoms with van der Waals surface area (Å²) in [5.74, 6) is 5.05. The molecule has 0 aliphatic carbocycles. The lowest BCUT2D eigenvalue weighted by Gasteiger charge is -2.14. The van der Waals surface area contributed by atoms with Crippen LogP contribution in [0.1, 0.15) is 17.2 Å². The molecule has 2 heterocycles. The van der Waals surface area contributed by atoms with Gasteiger partial charge in [0.2, 0.25) is 0 Å². The van der Waals surface area contributed by atoms with Crippen LogP contribution < -0.4 is 11.3 Å². The molecule has 2 aromatic rings. The molecule has 1 atom stereocenters. The first kappa shape index (κ1) is 10.7. The summed E-state index contributed by atoms with van der Waals surface area (Å²) in [5, 5.41) is 4.02. The highest BCUT2D eigenvalue weighted by molar-refractivity contribution is 5.28. The van der Waals surface area contributed by atoms with Gasteiger partial charge in [0.15, 0.2) is 0 Å². The van der Waals surface area contributed by atoms with Crippen molar-refractivity contribution in [1.82, 2.24) is 20.2 Å². The smallest absolute Gasteiger partial charge is 0.146 e. The van der Waals surface area contributed by atoms with Crippen molar-refractivity contribution in [3.05, 3.63) is 47.8 Å². The number of rotatable bonds is 3. The molecular formula is C10H12FN5. The largest absolute Gasteiger partial charge is 0.275 e. The fraction of sp³-hybridized carbons (Fsp3) is 0.200. The highest BCUT2D eigenvalue weighted by atomic mass is 19.1. The number of nitrogens with zero attached hydrogens (tertiary/aromatic N) is 3. The standard InChI is InChI=1S/C10H12FN5/c1-16-6-7(4-14-16)10(15-12)8-2-3-13-5-9(8)11/h2-6,10,15H,12H2,1H3. The van der Waals surface area contributed by atoms with Gasteiger partial charge in [-0.1, -0.05) is 0 Å². The second-order valence-corrected chi connectivity index (χ2v) is 3.44. The van der Waals surface area contributed by atoms with Gasteiger partial charge < -0.3 is 0 Å². The molecule has 0 aliphatic heterocycles. The third-order valence-electron chi connectivity index (χ3n) is 2.34. The highest BCUT2D eigenvalue weighted by Crippen LogP contribution is 2.22. The normalized spacial score (nSPS) is 12.7. The van der Waals surface area contributed by atoms with E-state index in [0.29, 0.717) is 5.56 Å². The Morgan fingerprint density at radius 3 is 2.88 bits per heavy atom. The molecule has 2 aromatic heterocycles. The molecule has 0 aromatic carbocycles. The molecule has 0 aliphatic rings. The molecular weight excluding hydrogens is 209 g/mol. The summed E-state index contributed by atoms with van der Waals surface area (Å²) in [6.45, 7) is 0. The number of hydrazine groups is 1. The van der Waals surface area contributed by atoms with Crippen LogP contribution >= 0.6 is 0 Å². The maximum atomic E-state index is 13.5. The predicted molar refractivity (Wildman–Crippen MR) is 56.6 cm³/mol. The lowest BCUT2D eigenvalue weighted by Crippen LogP contribution is -2.29. The molecule has 0 amide bonds. The number of nitrogens with one attached hydrogen (secondary N) is 1. The summed E-state index contributed by atoms with van der Waals surface area (Å²) in [6.07, 6.45) is 6.12. The summed E-state index contributed by atoms with van der Waals surface area (Å²) in [5.41, 5.74) is 3.82. The van der Waals surface area contributed by atoms with Crippen LogP contribution in [0.5, 0.6) is 0 Å².